The summed E-state index contributed by atoms with van der Waals surface area (Å²) in [5.74, 6) is 0.0132. The number of rotatable bonds is 1. The third kappa shape index (κ3) is 2.76. The quantitative estimate of drug-likeness (QED) is 0.710. The molecule has 116 valence electrons. The second-order valence-electron chi connectivity index (χ2n) is 4.49. The van der Waals surface area contributed by atoms with Gasteiger partial charge in [-0.3, -0.25) is 9.13 Å². The van der Waals surface area contributed by atoms with Crippen LogP contribution in [0.25, 0.3) is 5.69 Å². The Bertz CT molecular complexity index is 963. The lowest BCUT2D eigenvalue weighted by Gasteiger charge is -2.14. The molecule has 0 atom stereocenters. The number of amides is 1. The number of nitrogens with zero attached hydrogens (tertiary/aromatic N) is 4. The SMILES string of the molecule is CN(C)C(=O)n1cccc(-n2ccc(N)nc2=O)c1=S(=O)=O. The zero-order chi connectivity index (χ0) is 16.4. The second kappa shape index (κ2) is 5.85. The zero-order valence-electron chi connectivity index (χ0n) is 11.8. The Labute approximate surface area is 126 Å². The van der Waals surface area contributed by atoms with Gasteiger partial charge in [-0.1, -0.05) is 0 Å². The summed E-state index contributed by atoms with van der Waals surface area (Å²) in [6, 6.07) is 3.63. The van der Waals surface area contributed by atoms with Crippen molar-refractivity contribution < 1.29 is 13.2 Å². The fourth-order valence-electron chi connectivity index (χ4n) is 1.80. The second-order valence-corrected chi connectivity index (χ2v) is 5.34. The number of hydrogen-bond donors (Lipinski definition) is 1. The van der Waals surface area contributed by atoms with Gasteiger partial charge in [0.25, 0.3) is 0 Å². The minimum atomic E-state index is -2.76. The van der Waals surface area contributed by atoms with Crippen molar-refractivity contribution in [2.75, 3.05) is 19.8 Å². The average Bonchev–Trinajstić information content (AvgIpc) is 2.45. The molecule has 2 heterocycles. The maximum Gasteiger partial charge on any atom is 0.354 e. The van der Waals surface area contributed by atoms with E-state index in [4.69, 9.17) is 5.73 Å². The maximum absolute atomic E-state index is 12.1. The molecule has 1 amide bonds. The van der Waals surface area contributed by atoms with Crippen molar-refractivity contribution in [1.29, 1.82) is 0 Å². The highest BCUT2D eigenvalue weighted by Gasteiger charge is 2.13. The van der Waals surface area contributed by atoms with Gasteiger partial charge in [0, 0.05) is 26.5 Å². The number of anilines is 1. The Morgan fingerprint density at radius 3 is 2.50 bits per heavy atom. The van der Waals surface area contributed by atoms with Crippen molar-refractivity contribution in [3.8, 4) is 5.69 Å². The lowest BCUT2D eigenvalue weighted by atomic mass is 10.4. The molecule has 0 unspecified atom stereocenters. The molecule has 2 aromatic rings. The molecule has 0 aliphatic carbocycles. The highest BCUT2D eigenvalue weighted by atomic mass is 32.2. The molecular weight excluding hydrogens is 310 g/mol. The van der Waals surface area contributed by atoms with Gasteiger partial charge in [-0.15, -0.1) is 0 Å². The molecule has 22 heavy (non-hydrogen) atoms. The minimum Gasteiger partial charge on any atom is -0.383 e. The first-order chi connectivity index (χ1) is 10.3. The van der Waals surface area contributed by atoms with Crippen LogP contribution in [0.5, 0.6) is 0 Å². The summed E-state index contributed by atoms with van der Waals surface area (Å²) in [6.07, 6.45) is 2.59. The van der Waals surface area contributed by atoms with Crippen LogP contribution in [0.2, 0.25) is 0 Å². The molecule has 0 aliphatic rings. The number of nitrogen functional groups attached to an aromatic ring is 1. The summed E-state index contributed by atoms with van der Waals surface area (Å²) in [6.45, 7) is 0. The molecule has 10 heteroatoms. The van der Waals surface area contributed by atoms with Gasteiger partial charge in [-0.2, -0.15) is 13.4 Å². The average molecular weight is 323 g/mol. The van der Waals surface area contributed by atoms with Crippen LogP contribution >= 0.6 is 0 Å². The number of carbonyl (C=O) groups excluding carboxylic acids is 1. The lowest BCUT2D eigenvalue weighted by molar-refractivity contribution is 0.218. The van der Waals surface area contributed by atoms with E-state index in [0.29, 0.717) is 0 Å². The van der Waals surface area contributed by atoms with Gasteiger partial charge in [-0.05, 0) is 18.2 Å². The molecule has 0 aliphatic heterocycles. The normalized spacial score (nSPS) is 10.3. The first-order valence-corrected chi connectivity index (χ1v) is 7.11. The predicted octanol–water partition coefficient (Wildman–Crippen LogP) is -0.443. The lowest BCUT2D eigenvalue weighted by Crippen LogP contribution is -2.29. The van der Waals surface area contributed by atoms with Gasteiger partial charge in [0.2, 0.25) is 10.3 Å². The Morgan fingerprint density at radius 1 is 1.27 bits per heavy atom. The molecule has 2 aromatic heterocycles. The smallest absolute Gasteiger partial charge is 0.354 e. The summed E-state index contributed by atoms with van der Waals surface area (Å²) >= 11 is 0. The Morgan fingerprint density at radius 2 is 1.95 bits per heavy atom. The van der Waals surface area contributed by atoms with E-state index in [9.17, 15) is 18.0 Å². The molecule has 2 rings (SSSR count). The van der Waals surface area contributed by atoms with Crippen LogP contribution in [0, 0.1) is 4.64 Å². The van der Waals surface area contributed by atoms with Gasteiger partial charge in [-0.25, -0.2) is 9.59 Å². The molecule has 0 saturated carbocycles. The van der Waals surface area contributed by atoms with E-state index in [1.165, 1.54) is 49.6 Å². The van der Waals surface area contributed by atoms with Crippen molar-refractivity contribution in [2.24, 2.45) is 0 Å². The molecule has 2 N–H and O–H groups in total. The number of aromatic nitrogens is 3. The van der Waals surface area contributed by atoms with Crippen LogP contribution in [0.3, 0.4) is 0 Å². The molecule has 9 nitrogen and oxygen atoms in total. The molecule has 0 saturated heterocycles. The molecule has 0 fully saturated rings. The van der Waals surface area contributed by atoms with E-state index in [1.807, 2.05) is 0 Å². The van der Waals surface area contributed by atoms with E-state index >= 15 is 0 Å². The minimum absolute atomic E-state index is 0.00327. The van der Waals surface area contributed by atoms with Crippen LogP contribution < -0.4 is 11.4 Å². The third-order valence-corrected chi connectivity index (χ3v) is 3.48. The van der Waals surface area contributed by atoms with Crippen molar-refractivity contribution in [3.05, 3.63) is 45.7 Å². The number of carbonyl (C=O) groups is 1. The van der Waals surface area contributed by atoms with Gasteiger partial charge in [0.05, 0.1) is 5.69 Å². The Kier molecular flexibility index (Phi) is 4.13. The van der Waals surface area contributed by atoms with Gasteiger partial charge in [0.15, 0.2) is 4.64 Å². The van der Waals surface area contributed by atoms with Crippen LogP contribution in [0.4, 0.5) is 10.6 Å². The van der Waals surface area contributed by atoms with Gasteiger partial charge < -0.3 is 10.6 Å². The predicted molar refractivity (Wildman–Crippen MR) is 78.9 cm³/mol. The standard InChI is InChI=1S/C12H13N5O4S/c1-15(2)12(19)17-6-3-4-8(10(17)22(20)21)16-7-5-9(13)14-11(16)18/h3-7H,1-2H3,(H2,13,14,18). The number of pyridine rings is 1. The summed E-state index contributed by atoms with van der Waals surface area (Å²) in [5.41, 5.74) is 4.66. The van der Waals surface area contributed by atoms with Crippen molar-refractivity contribution in [3.63, 3.8) is 0 Å². The Balaban J connectivity index is 2.91. The topological polar surface area (TPSA) is 120 Å². The van der Waals surface area contributed by atoms with Gasteiger partial charge in [0.1, 0.15) is 5.82 Å². The summed E-state index contributed by atoms with van der Waals surface area (Å²) in [5, 5.41) is 0. The Hall–Kier alpha value is -2.88. The summed E-state index contributed by atoms with van der Waals surface area (Å²) in [7, 11) is 0.209. The molecule has 0 aromatic carbocycles. The largest absolute Gasteiger partial charge is 0.383 e. The van der Waals surface area contributed by atoms with E-state index < -0.39 is 22.0 Å². The number of nitrogens with two attached hydrogens (primary N) is 1. The third-order valence-electron chi connectivity index (χ3n) is 2.76. The fourth-order valence-corrected chi connectivity index (χ4v) is 2.43. The fraction of sp³-hybridized carbons (Fsp3) is 0.167. The van der Waals surface area contributed by atoms with E-state index in [0.717, 1.165) is 9.13 Å². The van der Waals surface area contributed by atoms with Crippen LogP contribution in [-0.2, 0) is 10.3 Å². The summed E-state index contributed by atoms with van der Waals surface area (Å²) < 4.78 is 24.7. The van der Waals surface area contributed by atoms with Crippen molar-refractivity contribution in [2.45, 2.75) is 0 Å². The van der Waals surface area contributed by atoms with E-state index in [-0.39, 0.29) is 16.1 Å². The highest BCUT2D eigenvalue weighted by molar-refractivity contribution is 7.63. The monoisotopic (exact) mass is 323 g/mol. The van der Waals surface area contributed by atoms with Crippen LogP contribution in [0.15, 0.2) is 35.4 Å². The highest BCUT2D eigenvalue weighted by Crippen LogP contribution is 2.08. The summed E-state index contributed by atoms with van der Waals surface area (Å²) in [4.78, 5) is 28.7. The molecule has 0 spiro atoms. The van der Waals surface area contributed by atoms with Gasteiger partial charge >= 0.3 is 11.7 Å². The number of hydrogen-bond acceptors (Lipinski definition) is 6. The molecule has 0 bridgehead atoms. The zero-order valence-corrected chi connectivity index (χ0v) is 12.6. The van der Waals surface area contributed by atoms with Crippen molar-refractivity contribution >= 4 is 22.1 Å². The molecular formula is C12H13N5O4S. The first-order valence-electron chi connectivity index (χ1n) is 6.04. The van der Waals surface area contributed by atoms with E-state index in [2.05, 4.69) is 4.98 Å². The van der Waals surface area contributed by atoms with Crippen LogP contribution in [0.1, 0.15) is 0 Å². The maximum atomic E-state index is 12.1. The first kappa shape index (κ1) is 15.5. The van der Waals surface area contributed by atoms with Crippen molar-refractivity contribution in [1.82, 2.24) is 19.0 Å². The van der Waals surface area contributed by atoms with E-state index in [1.54, 1.807) is 0 Å². The molecule has 0 radical (unpaired) electrons. The van der Waals surface area contributed by atoms with Crippen LogP contribution in [-0.4, -0.2) is 47.6 Å².